The SMILES string of the molecule is CCN(CC1CCCN1)C(=O)Nc1cccc(C)c1. The Hall–Kier alpha value is -1.55. The molecule has 4 heteroatoms. The molecule has 4 nitrogen and oxygen atoms in total. The fourth-order valence-corrected chi connectivity index (χ4v) is 2.46. The van der Waals surface area contributed by atoms with Crippen molar-refractivity contribution in [2.45, 2.75) is 32.7 Å². The molecule has 1 saturated heterocycles. The zero-order valence-electron chi connectivity index (χ0n) is 11.8. The molecule has 2 rings (SSSR count). The Morgan fingerprint density at radius 2 is 2.37 bits per heavy atom. The minimum Gasteiger partial charge on any atom is -0.323 e. The van der Waals surface area contributed by atoms with Crippen LogP contribution in [-0.4, -0.2) is 36.6 Å². The highest BCUT2D eigenvalue weighted by Crippen LogP contribution is 2.12. The summed E-state index contributed by atoms with van der Waals surface area (Å²) in [6.45, 7) is 6.63. The highest BCUT2D eigenvalue weighted by molar-refractivity contribution is 5.89. The number of carbonyl (C=O) groups is 1. The first-order chi connectivity index (χ1) is 9.19. The molecular weight excluding hydrogens is 238 g/mol. The Labute approximate surface area is 115 Å². The summed E-state index contributed by atoms with van der Waals surface area (Å²) in [5, 5.41) is 6.39. The van der Waals surface area contributed by atoms with E-state index < -0.39 is 0 Å². The summed E-state index contributed by atoms with van der Waals surface area (Å²) in [6, 6.07) is 8.33. The van der Waals surface area contributed by atoms with E-state index in [1.807, 2.05) is 43.0 Å². The minimum absolute atomic E-state index is 0.0122. The van der Waals surface area contributed by atoms with Crippen LogP contribution in [-0.2, 0) is 0 Å². The molecule has 0 bridgehead atoms. The van der Waals surface area contributed by atoms with Crippen LogP contribution < -0.4 is 10.6 Å². The number of hydrogen-bond acceptors (Lipinski definition) is 2. The van der Waals surface area contributed by atoms with Crippen LogP contribution in [0.1, 0.15) is 25.3 Å². The van der Waals surface area contributed by atoms with Gasteiger partial charge in [-0.25, -0.2) is 4.79 Å². The average molecular weight is 261 g/mol. The van der Waals surface area contributed by atoms with E-state index in [0.717, 1.165) is 37.3 Å². The van der Waals surface area contributed by atoms with Crippen molar-refractivity contribution >= 4 is 11.7 Å². The van der Waals surface area contributed by atoms with Crippen molar-refractivity contribution in [1.29, 1.82) is 0 Å². The molecule has 104 valence electrons. The zero-order valence-corrected chi connectivity index (χ0v) is 11.8. The van der Waals surface area contributed by atoms with Gasteiger partial charge in [0.2, 0.25) is 0 Å². The van der Waals surface area contributed by atoms with Crippen molar-refractivity contribution in [3.05, 3.63) is 29.8 Å². The number of likely N-dealkylation sites (N-methyl/N-ethyl adjacent to an activating group) is 1. The number of anilines is 1. The number of nitrogens with zero attached hydrogens (tertiary/aromatic N) is 1. The molecule has 0 radical (unpaired) electrons. The maximum absolute atomic E-state index is 12.2. The lowest BCUT2D eigenvalue weighted by molar-refractivity contribution is 0.209. The van der Waals surface area contributed by atoms with Crippen LogP contribution in [0.4, 0.5) is 10.5 Å². The van der Waals surface area contributed by atoms with Gasteiger partial charge in [-0.2, -0.15) is 0 Å². The molecule has 2 amide bonds. The van der Waals surface area contributed by atoms with E-state index in [1.54, 1.807) is 0 Å². The van der Waals surface area contributed by atoms with Gasteiger partial charge >= 0.3 is 6.03 Å². The smallest absolute Gasteiger partial charge is 0.321 e. The maximum atomic E-state index is 12.2. The van der Waals surface area contributed by atoms with Crippen molar-refractivity contribution in [3.63, 3.8) is 0 Å². The predicted octanol–water partition coefficient (Wildman–Crippen LogP) is 2.60. The Bertz CT molecular complexity index is 427. The lowest BCUT2D eigenvalue weighted by Crippen LogP contribution is -2.43. The summed E-state index contributed by atoms with van der Waals surface area (Å²) in [5.41, 5.74) is 2.01. The average Bonchev–Trinajstić information content (AvgIpc) is 2.88. The van der Waals surface area contributed by atoms with Gasteiger partial charge in [0, 0.05) is 24.8 Å². The second-order valence-corrected chi connectivity index (χ2v) is 5.13. The molecule has 1 aromatic carbocycles. The van der Waals surface area contributed by atoms with Crippen molar-refractivity contribution in [2.75, 3.05) is 25.0 Å². The highest BCUT2D eigenvalue weighted by atomic mass is 16.2. The van der Waals surface area contributed by atoms with Crippen molar-refractivity contribution in [1.82, 2.24) is 10.2 Å². The maximum Gasteiger partial charge on any atom is 0.321 e. The van der Waals surface area contributed by atoms with Crippen LogP contribution in [0.2, 0.25) is 0 Å². The summed E-state index contributed by atoms with van der Waals surface area (Å²) >= 11 is 0. The molecule has 1 fully saturated rings. The predicted molar refractivity (Wildman–Crippen MR) is 78.5 cm³/mol. The molecule has 0 saturated carbocycles. The monoisotopic (exact) mass is 261 g/mol. The summed E-state index contributed by atoms with van der Waals surface area (Å²) in [6.07, 6.45) is 2.37. The normalized spacial score (nSPS) is 18.3. The fourth-order valence-electron chi connectivity index (χ4n) is 2.46. The third kappa shape index (κ3) is 3.96. The van der Waals surface area contributed by atoms with Gasteiger partial charge < -0.3 is 15.5 Å². The molecule has 0 spiro atoms. The highest BCUT2D eigenvalue weighted by Gasteiger charge is 2.20. The van der Waals surface area contributed by atoms with Crippen LogP contribution in [0.25, 0.3) is 0 Å². The molecule has 1 atom stereocenters. The van der Waals surface area contributed by atoms with Crippen LogP contribution in [0, 0.1) is 6.92 Å². The quantitative estimate of drug-likeness (QED) is 0.875. The van der Waals surface area contributed by atoms with Gasteiger partial charge in [-0.1, -0.05) is 12.1 Å². The summed E-state index contributed by atoms with van der Waals surface area (Å²) in [4.78, 5) is 14.1. The zero-order chi connectivity index (χ0) is 13.7. The molecule has 1 aliphatic heterocycles. The first-order valence-corrected chi connectivity index (χ1v) is 7.05. The molecular formula is C15H23N3O. The van der Waals surface area contributed by atoms with E-state index in [1.165, 1.54) is 6.42 Å². The first-order valence-electron chi connectivity index (χ1n) is 7.05. The topological polar surface area (TPSA) is 44.4 Å². The fraction of sp³-hybridized carbons (Fsp3) is 0.533. The van der Waals surface area contributed by atoms with Gasteiger partial charge in [0.05, 0.1) is 0 Å². The number of urea groups is 1. The van der Waals surface area contributed by atoms with Gasteiger partial charge in [-0.05, 0) is 50.9 Å². The second-order valence-electron chi connectivity index (χ2n) is 5.13. The third-order valence-corrected chi connectivity index (χ3v) is 3.54. The number of amides is 2. The van der Waals surface area contributed by atoms with E-state index in [9.17, 15) is 4.79 Å². The van der Waals surface area contributed by atoms with Gasteiger partial charge in [0.25, 0.3) is 0 Å². The van der Waals surface area contributed by atoms with E-state index in [4.69, 9.17) is 0 Å². The van der Waals surface area contributed by atoms with E-state index in [2.05, 4.69) is 10.6 Å². The van der Waals surface area contributed by atoms with Crippen LogP contribution >= 0.6 is 0 Å². The number of nitrogens with one attached hydrogen (secondary N) is 2. The van der Waals surface area contributed by atoms with Crippen LogP contribution in [0.3, 0.4) is 0 Å². The lowest BCUT2D eigenvalue weighted by atomic mass is 10.2. The number of benzene rings is 1. The first kappa shape index (κ1) is 13.9. The van der Waals surface area contributed by atoms with Crippen molar-refractivity contribution < 1.29 is 4.79 Å². The number of rotatable bonds is 4. The lowest BCUT2D eigenvalue weighted by Gasteiger charge is -2.24. The molecule has 0 aromatic heterocycles. The Kier molecular flexibility index (Phi) is 4.80. The molecule has 1 aliphatic rings. The van der Waals surface area contributed by atoms with Crippen LogP contribution in [0.5, 0.6) is 0 Å². The van der Waals surface area contributed by atoms with Gasteiger partial charge in [0.1, 0.15) is 0 Å². The minimum atomic E-state index is -0.0122. The number of aryl methyl sites for hydroxylation is 1. The molecule has 2 N–H and O–H groups in total. The summed E-state index contributed by atoms with van der Waals surface area (Å²) in [7, 11) is 0. The van der Waals surface area contributed by atoms with E-state index in [0.29, 0.717) is 6.04 Å². The number of hydrogen-bond donors (Lipinski definition) is 2. The third-order valence-electron chi connectivity index (χ3n) is 3.54. The van der Waals surface area contributed by atoms with Crippen molar-refractivity contribution in [3.8, 4) is 0 Å². The largest absolute Gasteiger partial charge is 0.323 e. The Balaban J connectivity index is 1.92. The van der Waals surface area contributed by atoms with Gasteiger partial charge in [0.15, 0.2) is 0 Å². The van der Waals surface area contributed by atoms with Gasteiger partial charge in [-0.3, -0.25) is 0 Å². The molecule has 19 heavy (non-hydrogen) atoms. The van der Waals surface area contributed by atoms with Crippen molar-refractivity contribution in [2.24, 2.45) is 0 Å². The van der Waals surface area contributed by atoms with Gasteiger partial charge in [-0.15, -0.1) is 0 Å². The standard InChI is InChI=1S/C15H23N3O/c1-3-18(11-14-8-5-9-16-14)15(19)17-13-7-4-6-12(2)10-13/h4,6-7,10,14,16H,3,5,8-9,11H2,1-2H3,(H,17,19). The Morgan fingerprint density at radius 1 is 1.53 bits per heavy atom. The van der Waals surface area contributed by atoms with Crippen LogP contribution in [0.15, 0.2) is 24.3 Å². The molecule has 0 aliphatic carbocycles. The molecule has 1 unspecified atom stereocenters. The number of carbonyl (C=O) groups excluding carboxylic acids is 1. The summed E-state index contributed by atoms with van der Waals surface area (Å²) in [5.74, 6) is 0. The molecule has 1 heterocycles. The summed E-state index contributed by atoms with van der Waals surface area (Å²) < 4.78 is 0. The second kappa shape index (κ2) is 6.57. The Morgan fingerprint density at radius 3 is 3.00 bits per heavy atom. The van der Waals surface area contributed by atoms with E-state index >= 15 is 0 Å². The van der Waals surface area contributed by atoms with E-state index in [-0.39, 0.29) is 6.03 Å². The molecule has 1 aromatic rings.